The van der Waals surface area contributed by atoms with E-state index in [0.717, 1.165) is 34.2 Å². The number of anilines is 1. The Morgan fingerprint density at radius 2 is 1.39 bits per heavy atom. The number of sulfonamides is 1. The molecule has 0 saturated heterocycles. The lowest BCUT2D eigenvalue weighted by Gasteiger charge is -2.35. The lowest BCUT2D eigenvalue weighted by atomic mass is 10.0. The van der Waals surface area contributed by atoms with E-state index in [1.54, 1.807) is 41.3 Å². The molecule has 8 heteroatoms. The fourth-order valence-electron chi connectivity index (χ4n) is 5.37. The Balaban J connectivity index is 1.84. The van der Waals surface area contributed by atoms with Crippen molar-refractivity contribution in [3.63, 3.8) is 0 Å². The lowest BCUT2D eigenvalue weighted by Crippen LogP contribution is -2.54. The van der Waals surface area contributed by atoms with Crippen molar-refractivity contribution in [3.05, 3.63) is 131 Å². The van der Waals surface area contributed by atoms with Crippen LogP contribution in [0.3, 0.4) is 0 Å². The summed E-state index contributed by atoms with van der Waals surface area (Å²) in [5, 5.41) is 3.09. The van der Waals surface area contributed by atoms with Crippen LogP contribution in [0.2, 0.25) is 0 Å². The van der Waals surface area contributed by atoms with Crippen LogP contribution in [-0.4, -0.2) is 43.8 Å². The number of hydrogen-bond acceptors (Lipinski definition) is 4. The molecule has 0 bridgehead atoms. The number of carbonyl (C=O) groups is 2. The van der Waals surface area contributed by atoms with Crippen LogP contribution in [0, 0.1) is 13.8 Å². The van der Waals surface area contributed by atoms with Crippen LogP contribution in [0.25, 0.3) is 0 Å². The maximum absolute atomic E-state index is 14.7. The quantitative estimate of drug-likeness (QED) is 0.168. The molecule has 4 rings (SSSR count). The van der Waals surface area contributed by atoms with Gasteiger partial charge in [0.2, 0.25) is 11.8 Å². The van der Waals surface area contributed by atoms with E-state index in [9.17, 15) is 18.0 Å². The molecule has 7 nitrogen and oxygen atoms in total. The first-order chi connectivity index (χ1) is 22.0. The Bertz CT molecular complexity index is 1720. The minimum Gasteiger partial charge on any atom is -0.352 e. The highest BCUT2D eigenvalue weighted by atomic mass is 32.2. The zero-order valence-corrected chi connectivity index (χ0v) is 28.3. The first-order valence-electron chi connectivity index (χ1n) is 15.9. The van der Waals surface area contributed by atoms with E-state index in [-0.39, 0.29) is 29.8 Å². The van der Waals surface area contributed by atoms with Gasteiger partial charge in [0.25, 0.3) is 10.0 Å². The Hall–Kier alpha value is -4.43. The summed E-state index contributed by atoms with van der Waals surface area (Å²) < 4.78 is 29.9. The van der Waals surface area contributed by atoms with Crippen LogP contribution < -0.4 is 9.62 Å². The first-order valence-corrected chi connectivity index (χ1v) is 17.3. The number of aryl methyl sites for hydroxylation is 3. The summed E-state index contributed by atoms with van der Waals surface area (Å²) in [6.45, 7) is 9.41. The van der Waals surface area contributed by atoms with Crippen LogP contribution in [0.1, 0.15) is 55.0 Å². The summed E-state index contributed by atoms with van der Waals surface area (Å²) in [5.74, 6) is -0.743. The average Bonchev–Trinajstić information content (AvgIpc) is 3.06. The minimum absolute atomic E-state index is 0.0950. The van der Waals surface area contributed by atoms with Gasteiger partial charge < -0.3 is 10.2 Å². The molecule has 0 radical (unpaired) electrons. The Morgan fingerprint density at radius 1 is 0.783 bits per heavy atom. The second-order valence-electron chi connectivity index (χ2n) is 11.8. The molecule has 0 saturated carbocycles. The van der Waals surface area contributed by atoms with Crippen LogP contribution in [0.4, 0.5) is 5.69 Å². The van der Waals surface area contributed by atoms with Crippen molar-refractivity contribution in [2.24, 2.45) is 0 Å². The van der Waals surface area contributed by atoms with Gasteiger partial charge in [-0.3, -0.25) is 13.9 Å². The van der Waals surface area contributed by atoms with Gasteiger partial charge in [-0.2, -0.15) is 0 Å². The topological polar surface area (TPSA) is 86.8 Å². The highest BCUT2D eigenvalue weighted by Gasteiger charge is 2.35. The van der Waals surface area contributed by atoms with Gasteiger partial charge in [0.15, 0.2) is 0 Å². The Labute approximate surface area is 274 Å². The summed E-state index contributed by atoms with van der Waals surface area (Å²) in [7, 11) is -4.16. The summed E-state index contributed by atoms with van der Waals surface area (Å²) in [6, 6.07) is 30.2. The van der Waals surface area contributed by atoms with Gasteiger partial charge in [0.05, 0.1) is 10.6 Å². The molecule has 0 fully saturated rings. The molecular weight excluding hydrogens is 595 g/mol. The number of nitrogens with zero attached hydrogens (tertiary/aromatic N) is 2. The fraction of sp³-hybridized carbons (Fsp3) is 0.316. The number of amides is 2. The van der Waals surface area contributed by atoms with Gasteiger partial charge in [-0.15, -0.1) is 0 Å². The third-order valence-electron chi connectivity index (χ3n) is 8.40. The molecule has 2 atom stereocenters. The monoisotopic (exact) mass is 639 g/mol. The molecule has 0 heterocycles. The number of benzene rings is 4. The van der Waals surface area contributed by atoms with E-state index in [2.05, 4.69) is 5.32 Å². The van der Waals surface area contributed by atoms with Gasteiger partial charge in [0, 0.05) is 19.0 Å². The molecule has 0 unspecified atom stereocenters. The molecular formula is C38H45N3O4S. The normalized spacial score (nSPS) is 12.6. The number of nitrogens with one attached hydrogen (secondary N) is 1. The standard InChI is InChI=1S/C38H45N3O4S/c1-6-30(5)39-38(43)36(25-31-16-9-8-10-17-31)40(26-33-19-12-11-15-29(33)4)37(42)27-41(35-20-14-13-18-32(35)7-2)46(44,45)34-23-21-28(3)22-24-34/h8-24,30,36H,6-7,25-27H2,1-5H3,(H,39,43)/t30-,36+/m0/s1. The largest absolute Gasteiger partial charge is 0.352 e. The smallest absolute Gasteiger partial charge is 0.264 e. The SMILES string of the molecule is CCc1ccccc1N(CC(=O)N(Cc1ccccc1C)[C@H](Cc1ccccc1)C(=O)N[C@@H](C)CC)S(=O)(=O)c1ccc(C)cc1. The molecule has 4 aromatic carbocycles. The van der Waals surface area contributed by atoms with Crippen molar-refractivity contribution in [1.29, 1.82) is 0 Å². The minimum atomic E-state index is -4.16. The molecule has 0 aliphatic rings. The van der Waals surface area contributed by atoms with Crippen LogP contribution >= 0.6 is 0 Å². The van der Waals surface area contributed by atoms with E-state index < -0.39 is 28.5 Å². The highest BCUT2D eigenvalue weighted by molar-refractivity contribution is 7.92. The number of rotatable bonds is 14. The predicted octanol–water partition coefficient (Wildman–Crippen LogP) is 6.62. The summed E-state index contributed by atoms with van der Waals surface area (Å²) in [6.07, 6.45) is 1.58. The molecule has 2 amide bonds. The maximum atomic E-state index is 14.7. The van der Waals surface area contributed by atoms with E-state index in [0.29, 0.717) is 12.1 Å². The second-order valence-corrected chi connectivity index (χ2v) is 13.6. The molecule has 0 aromatic heterocycles. The van der Waals surface area contributed by atoms with Gasteiger partial charge >= 0.3 is 0 Å². The molecule has 46 heavy (non-hydrogen) atoms. The van der Waals surface area contributed by atoms with E-state index in [1.807, 2.05) is 101 Å². The second kappa shape index (κ2) is 15.7. The summed E-state index contributed by atoms with van der Waals surface area (Å²) in [4.78, 5) is 30.4. The molecule has 242 valence electrons. The van der Waals surface area contributed by atoms with Crippen LogP contribution in [0.15, 0.2) is 108 Å². The zero-order chi connectivity index (χ0) is 33.3. The number of hydrogen-bond donors (Lipinski definition) is 1. The van der Waals surface area contributed by atoms with Crippen molar-refractivity contribution in [2.45, 2.75) is 77.4 Å². The van der Waals surface area contributed by atoms with Gasteiger partial charge in [0.1, 0.15) is 12.6 Å². The third kappa shape index (κ3) is 8.43. The number of para-hydroxylation sites is 1. The van der Waals surface area contributed by atoms with E-state index in [4.69, 9.17) is 0 Å². The van der Waals surface area contributed by atoms with Crippen molar-refractivity contribution < 1.29 is 18.0 Å². The maximum Gasteiger partial charge on any atom is 0.264 e. The summed E-state index contributed by atoms with van der Waals surface area (Å²) >= 11 is 0. The molecule has 4 aromatic rings. The predicted molar refractivity (Wildman–Crippen MR) is 185 cm³/mol. The fourth-order valence-corrected chi connectivity index (χ4v) is 6.82. The van der Waals surface area contributed by atoms with E-state index in [1.165, 1.54) is 4.31 Å². The van der Waals surface area contributed by atoms with Crippen molar-refractivity contribution in [2.75, 3.05) is 10.8 Å². The Kier molecular flexibility index (Phi) is 11.8. The highest BCUT2D eigenvalue weighted by Crippen LogP contribution is 2.29. The van der Waals surface area contributed by atoms with Gasteiger partial charge in [-0.1, -0.05) is 104 Å². The van der Waals surface area contributed by atoms with Crippen LogP contribution in [-0.2, 0) is 39.0 Å². The van der Waals surface area contributed by atoms with Crippen molar-refractivity contribution >= 4 is 27.5 Å². The zero-order valence-electron chi connectivity index (χ0n) is 27.4. The van der Waals surface area contributed by atoms with E-state index >= 15 is 0 Å². The Morgan fingerprint density at radius 3 is 2.02 bits per heavy atom. The van der Waals surface area contributed by atoms with Gasteiger partial charge in [-0.05, 0) is 74.1 Å². The lowest BCUT2D eigenvalue weighted by molar-refractivity contribution is -0.140. The first kappa shape index (κ1) is 34.4. The summed E-state index contributed by atoms with van der Waals surface area (Å²) in [5.41, 5.74) is 4.92. The number of carbonyl (C=O) groups excluding carboxylic acids is 2. The molecule has 1 N–H and O–H groups in total. The molecule has 0 aliphatic heterocycles. The average molecular weight is 640 g/mol. The third-order valence-corrected chi connectivity index (χ3v) is 10.2. The van der Waals surface area contributed by atoms with Crippen molar-refractivity contribution in [3.8, 4) is 0 Å². The van der Waals surface area contributed by atoms with Crippen LogP contribution in [0.5, 0.6) is 0 Å². The molecule has 0 aliphatic carbocycles. The molecule has 0 spiro atoms. The van der Waals surface area contributed by atoms with Crippen molar-refractivity contribution in [1.82, 2.24) is 10.2 Å². The van der Waals surface area contributed by atoms with Gasteiger partial charge in [-0.25, -0.2) is 8.42 Å².